The van der Waals surface area contributed by atoms with Gasteiger partial charge in [0.15, 0.2) is 17.5 Å². The first-order chi connectivity index (χ1) is 23.7. The summed E-state index contributed by atoms with van der Waals surface area (Å²) >= 11 is 0. The Labute approximate surface area is 280 Å². The molecular formula is C39H32F3N3O4. The lowest BCUT2D eigenvalue weighted by Crippen LogP contribution is -2.50. The fourth-order valence-electron chi connectivity index (χ4n) is 5.90. The number of piperazine rings is 1. The molecule has 5 aromatic rings. The molecule has 1 fully saturated rings. The van der Waals surface area contributed by atoms with Gasteiger partial charge in [0.25, 0.3) is 11.5 Å². The maximum Gasteiger partial charge on any atom is 0.294 e. The van der Waals surface area contributed by atoms with E-state index in [9.17, 15) is 32.7 Å². The molecule has 1 aliphatic rings. The Kier molecular flexibility index (Phi) is 9.75. The van der Waals surface area contributed by atoms with Crippen LogP contribution in [0.15, 0.2) is 120 Å². The second kappa shape index (κ2) is 14.5. The summed E-state index contributed by atoms with van der Waals surface area (Å²) in [6.07, 6.45) is 2.07. The van der Waals surface area contributed by atoms with Crippen LogP contribution < -0.4 is 10.5 Å². The summed E-state index contributed by atoms with van der Waals surface area (Å²) in [5, 5.41) is 11.0. The summed E-state index contributed by atoms with van der Waals surface area (Å²) in [7, 11) is 0. The van der Waals surface area contributed by atoms with Crippen molar-refractivity contribution >= 4 is 23.1 Å². The van der Waals surface area contributed by atoms with Gasteiger partial charge in [-0.1, -0.05) is 72.8 Å². The molecular weight excluding hydrogens is 631 g/mol. The average molecular weight is 664 g/mol. The van der Waals surface area contributed by atoms with Crippen molar-refractivity contribution in [3.63, 3.8) is 0 Å². The highest BCUT2D eigenvalue weighted by atomic mass is 19.2. The van der Waals surface area contributed by atoms with Gasteiger partial charge in [0, 0.05) is 44.1 Å². The van der Waals surface area contributed by atoms with Gasteiger partial charge in [-0.25, -0.2) is 13.2 Å². The Morgan fingerprint density at radius 1 is 0.714 bits per heavy atom. The quantitative estimate of drug-likeness (QED) is 0.0856. The van der Waals surface area contributed by atoms with Crippen molar-refractivity contribution in [2.45, 2.75) is 13.0 Å². The lowest BCUT2D eigenvalue weighted by Gasteiger charge is -2.35. The standard InChI is InChI=1S/C39H32F3N3O4/c40-33-21-27(22-34(41)37(33)42)19-28-20-32(38(48)45(25-28)24-26-7-3-1-4-8-26)35(46)23-36(47)39(49)44-17-15-43(16-18-44)31-13-11-30(12-14-31)29-9-5-2-6-10-29/h1-14,20-23,25,46H,15-19,24H2. The van der Waals surface area contributed by atoms with Gasteiger partial charge in [0.1, 0.15) is 5.76 Å². The van der Waals surface area contributed by atoms with Crippen LogP contribution >= 0.6 is 0 Å². The monoisotopic (exact) mass is 663 g/mol. The van der Waals surface area contributed by atoms with E-state index in [4.69, 9.17) is 0 Å². The van der Waals surface area contributed by atoms with Crippen molar-refractivity contribution in [2.75, 3.05) is 31.1 Å². The van der Waals surface area contributed by atoms with E-state index in [2.05, 4.69) is 4.90 Å². The average Bonchev–Trinajstić information content (AvgIpc) is 3.12. The highest BCUT2D eigenvalue weighted by molar-refractivity contribution is 6.41. The van der Waals surface area contributed by atoms with E-state index in [0.29, 0.717) is 18.7 Å². The van der Waals surface area contributed by atoms with Gasteiger partial charge >= 0.3 is 0 Å². The Balaban J connectivity index is 1.18. The van der Waals surface area contributed by atoms with Crippen LogP contribution in [0.4, 0.5) is 18.9 Å². The Morgan fingerprint density at radius 2 is 1.31 bits per heavy atom. The number of carbonyl (C=O) groups excluding carboxylic acids is 2. The zero-order chi connectivity index (χ0) is 34.5. The first-order valence-electron chi connectivity index (χ1n) is 15.7. The number of anilines is 1. The zero-order valence-corrected chi connectivity index (χ0v) is 26.4. The van der Waals surface area contributed by atoms with Crippen molar-refractivity contribution in [1.82, 2.24) is 9.47 Å². The molecule has 0 aliphatic carbocycles. The second-order valence-corrected chi connectivity index (χ2v) is 11.8. The number of halogens is 3. The summed E-state index contributed by atoms with van der Waals surface area (Å²) in [6.45, 7) is 1.64. The van der Waals surface area contributed by atoms with Gasteiger partial charge in [0.2, 0.25) is 5.78 Å². The van der Waals surface area contributed by atoms with Crippen molar-refractivity contribution in [3.8, 4) is 11.1 Å². The maximum atomic E-state index is 13.9. The number of aromatic nitrogens is 1. The predicted molar refractivity (Wildman–Crippen MR) is 182 cm³/mol. The molecule has 0 spiro atoms. The number of nitrogens with zero attached hydrogens (tertiary/aromatic N) is 3. The predicted octanol–water partition coefficient (Wildman–Crippen LogP) is 6.39. The van der Waals surface area contributed by atoms with Crippen LogP contribution in [-0.2, 0) is 22.6 Å². The van der Waals surface area contributed by atoms with E-state index in [1.54, 1.807) is 24.3 Å². The molecule has 1 aromatic heterocycles. The van der Waals surface area contributed by atoms with Crippen LogP contribution in [0.2, 0.25) is 0 Å². The minimum Gasteiger partial charge on any atom is -0.507 e. The minimum atomic E-state index is -1.60. The second-order valence-electron chi connectivity index (χ2n) is 11.8. The molecule has 6 rings (SSSR count). The van der Waals surface area contributed by atoms with E-state index < -0.39 is 40.5 Å². The van der Waals surface area contributed by atoms with Gasteiger partial charge in [-0.2, -0.15) is 0 Å². The number of hydrogen-bond donors (Lipinski definition) is 1. The number of benzene rings is 4. The van der Waals surface area contributed by atoms with E-state index in [1.807, 2.05) is 60.7 Å². The zero-order valence-electron chi connectivity index (χ0n) is 26.4. The van der Waals surface area contributed by atoms with Crippen LogP contribution in [-0.4, -0.2) is 52.4 Å². The van der Waals surface area contributed by atoms with Crippen molar-refractivity contribution in [1.29, 1.82) is 0 Å². The van der Waals surface area contributed by atoms with Crippen molar-refractivity contribution < 1.29 is 27.9 Å². The van der Waals surface area contributed by atoms with Crippen molar-refractivity contribution in [2.24, 2.45) is 0 Å². The third-order valence-electron chi connectivity index (χ3n) is 8.45. The molecule has 4 aromatic carbocycles. The summed E-state index contributed by atoms with van der Waals surface area (Å²) in [5.74, 6) is -6.85. The highest BCUT2D eigenvalue weighted by Gasteiger charge is 2.26. The SMILES string of the molecule is O=C(C=C(O)c1cc(Cc2cc(F)c(F)c(F)c2)cn(Cc2ccccc2)c1=O)C(=O)N1CCN(c2ccc(-c3ccccc3)cc2)CC1. The summed E-state index contributed by atoms with van der Waals surface area (Å²) < 4.78 is 42.7. The largest absolute Gasteiger partial charge is 0.507 e. The number of rotatable bonds is 9. The Morgan fingerprint density at radius 3 is 1.94 bits per heavy atom. The lowest BCUT2D eigenvalue weighted by molar-refractivity contribution is -0.142. The topological polar surface area (TPSA) is 82.8 Å². The van der Waals surface area contributed by atoms with Crippen molar-refractivity contribution in [3.05, 3.63) is 165 Å². The van der Waals surface area contributed by atoms with E-state index in [1.165, 1.54) is 21.7 Å². The number of pyridine rings is 1. The molecule has 0 radical (unpaired) electrons. The van der Waals surface area contributed by atoms with Gasteiger partial charge in [-0.05, 0) is 64.6 Å². The van der Waals surface area contributed by atoms with Crippen LogP contribution in [0.1, 0.15) is 22.3 Å². The third kappa shape index (κ3) is 7.65. The Bertz CT molecular complexity index is 2050. The van der Waals surface area contributed by atoms with Gasteiger partial charge in [0.05, 0.1) is 12.1 Å². The molecule has 0 unspecified atom stereocenters. The maximum absolute atomic E-state index is 13.9. The molecule has 49 heavy (non-hydrogen) atoms. The number of hydrogen-bond acceptors (Lipinski definition) is 5. The number of aliphatic hydroxyl groups excluding tert-OH is 1. The molecule has 0 bridgehead atoms. The van der Waals surface area contributed by atoms with E-state index in [0.717, 1.165) is 40.6 Å². The molecule has 1 saturated heterocycles. The van der Waals surface area contributed by atoms with Crippen LogP contribution in [0.5, 0.6) is 0 Å². The van der Waals surface area contributed by atoms with Gasteiger partial charge < -0.3 is 19.5 Å². The molecule has 0 saturated carbocycles. The summed E-state index contributed by atoms with van der Waals surface area (Å²) in [4.78, 5) is 43.2. The van der Waals surface area contributed by atoms with Gasteiger partial charge in [-0.15, -0.1) is 0 Å². The fourth-order valence-corrected chi connectivity index (χ4v) is 5.90. The summed E-state index contributed by atoms with van der Waals surface area (Å²) in [5.41, 5.74) is 3.47. The van der Waals surface area contributed by atoms with Crippen LogP contribution in [0.25, 0.3) is 16.9 Å². The number of amides is 1. The van der Waals surface area contributed by atoms with Crippen LogP contribution in [0, 0.1) is 17.5 Å². The molecule has 0 atom stereocenters. The molecule has 248 valence electrons. The van der Waals surface area contributed by atoms with Crippen LogP contribution in [0.3, 0.4) is 0 Å². The number of ketones is 1. The molecule has 7 nitrogen and oxygen atoms in total. The fraction of sp³-hybridized carbons (Fsp3) is 0.154. The Hall–Kier alpha value is -5.90. The minimum absolute atomic E-state index is 0.0894. The lowest BCUT2D eigenvalue weighted by atomic mass is 10.0. The number of carbonyl (C=O) groups is 2. The number of aliphatic hydroxyl groups is 1. The third-order valence-corrected chi connectivity index (χ3v) is 8.45. The normalized spacial score (nSPS) is 13.4. The summed E-state index contributed by atoms with van der Waals surface area (Å²) in [6, 6.07) is 30.1. The first kappa shape index (κ1) is 33.0. The molecule has 1 aliphatic heterocycles. The smallest absolute Gasteiger partial charge is 0.294 e. The van der Waals surface area contributed by atoms with Gasteiger partial charge in [-0.3, -0.25) is 14.4 Å². The molecule has 1 amide bonds. The van der Waals surface area contributed by atoms with E-state index in [-0.39, 0.29) is 37.2 Å². The highest BCUT2D eigenvalue weighted by Crippen LogP contribution is 2.24. The molecule has 10 heteroatoms. The first-order valence-corrected chi connectivity index (χ1v) is 15.7. The molecule has 2 heterocycles. The molecule has 1 N–H and O–H groups in total. The van der Waals surface area contributed by atoms with E-state index >= 15 is 0 Å².